The lowest BCUT2D eigenvalue weighted by Crippen LogP contribution is -2.68. The van der Waals surface area contributed by atoms with Gasteiger partial charge < -0.3 is 133 Å². The third-order valence-electron chi connectivity index (χ3n) is 22.3. The van der Waals surface area contributed by atoms with Gasteiger partial charge in [-0.05, 0) is 97.7 Å². The summed E-state index contributed by atoms with van der Waals surface area (Å²) in [6.07, 6.45) is -34.6. The van der Waals surface area contributed by atoms with E-state index in [-0.39, 0.29) is 22.9 Å². The van der Waals surface area contributed by atoms with Crippen LogP contribution in [-0.4, -0.2) is 275 Å². The molecular formula is C56H92O27. The number of aliphatic hydroxyl groups excluding tert-OH is 15. The Morgan fingerprint density at radius 2 is 1.08 bits per heavy atom. The Morgan fingerprint density at radius 3 is 1.77 bits per heavy atom. The minimum atomic E-state index is -2.05. The lowest BCUT2D eigenvalue weighted by atomic mass is 9.44. The summed E-state index contributed by atoms with van der Waals surface area (Å²) in [7, 11) is 0. The van der Waals surface area contributed by atoms with E-state index in [9.17, 15) is 76.6 Å². The molecule has 7 aliphatic heterocycles. The van der Waals surface area contributed by atoms with Crippen molar-refractivity contribution in [1.82, 2.24) is 0 Å². The molecular weight excluding hydrogens is 1100 g/mol. The van der Waals surface area contributed by atoms with E-state index in [1.165, 1.54) is 6.92 Å². The van der Waals surface area contributed by atoms with Gasteiger partial charge in [0.15, 0.2) is 43.5 Å². The standard InChI is InChI=1S/C56H92O27/c1-20-8-11-56(73-18-20)22(3)34-29(83-56)13-26-24-7-6-23-12-28(27(60)14-55(23,5)25(24)9-10-54(26,34)4)74-50-44(70)40(66)45(32(17-59)77-50)79-53-47(81-51-42(68)38(64)36(62)30(15-57)75-51)46(37(63)31(16-58)76-53)80-49-35(61)21(2)33(19-72-49)78-52-43(69)39(65)41(67)48(71)82-52/h20-53,57-71H,6-19H2,1-5H3. The molecule has 4 saturated carbocycles. The van der Waals surface area contributed by atoms with Gasteiger partial charge in [-0.1, -0.05) is 34.6 Å². The van der Waals surface area contributed by atoms with Gasteiger partial charge in [-0.2, -0.15) is 0 Å². The van der Waals surface area contributed by atoms with E-state index in [2.05, 4.69) is 27.7 Å². The molecule has 11 aliphatic rings. The first-order valence-electron chi connectivity index (χ1n) is 30.2. The molecule has 7 heterocycles. The minimum absolute atomic E-state index is 0.113. The number of ether oxygens (including phenoxy) is 12. The summed E-state index contributed by atoms with van der Waals surface area (Å²) in [5.41, 5.74) is -0.0967. The van der Waals surface area contributed by atoms with Gasteiger partial charge in [-0.15, -0.1) is 0 Å². The van der Waals surface area contributed by atoms with Crippen LogP contribution >= 0.6 is 0 Å². The predicted octanol–water partition coefficient (Wildman–Crippen LogP) is -4.24. The molecule has 27 heteroatoms. The van der Waals surface area contributed by atoms with Gasteiger partial charge in [0.25, 0.3) is 0 Å². The van der Waals surface area contributed by atoms with Crippen LogP contribution in [0.5, 0.6) is 0 Å². The van der Waals surface area contributed by atoms with E-state index in [1.54, 1.807) is 0 Å². The van der Waals surface area contributed by atoms with Gasteiger partial charge in [0.2, 0.25) is 0 Å². The monoisotopic (exact) mass is 1200 g/mol. The Labute approximate surface area is 481 Å². The van der Waals surface area contributed by atoms with Crippen molar-refractivity contribution in [2.75, 3.05) is 33.0 Å². The molecule has 83 heavy (non-hydrogen) atoms. The van der Waals surface area contributed by atoms with Crippen LogP contribution in [0, 0.1) is 58.2 Å². The molecule has 0 bridgehead atoms. The summed E-state index contributed by atoms with van der Waals surface area (Å²) >= 11 is 0. The Bertz CT molecular complexity index is 2160. The smallest absolute Gasteiger partial charge is 0.189 e. The third-order valence-corrected chi connectivity index (χ3v) is 22.3. The maximum absolute atomic E-state index is 12.0. The zero-order valence-corrected chi connectivity index (χ0v) is 47.6. The number of fused-ring (bicyclic) bond motifs is 7. The summed E-state index contributed by atoms with van der Waals surface area (Å²) in [6.45, 7) is 8.49. The van der Waals surface area contributed by atoms with Crippen LogP contribution in [0.15, 0.2) is 0 Å². The van der Waals surface area contributed by atoms with E-state index >= 15 is 0 Å². The molecule has 11 fully saturated rings. The van der Waals surface area contributed by atoms with Gasteiger partial charge >= 0.3 is 0 Å². The zero-order valence-electron chi connectivity index (χ0n) is 47.6. The van der Waals surface area contributed by atoms with Gasteiger partial charge in [0.1, 0.15) is 97.7 Å². The van der Waals surface area contributed by atoms with Gasteiger partial charge in [-0.3, -0.25) is 0 Å². The average Bonchev–Trinajstić information content (AvgIpc) is 3.79. The van der Waals surface area contributed by atoms with Gasteiger partial charge in [0.05, 0.1) is 57.5 Å². The fourth-order valence-electron chi connectivity index (χ4n) is 17.3. The molecule has 478 valence electrons. The highest BCUT2D eigenvalue weighted by Gasteiger charge is 2.70. The Balaban J connectivity index is 0.770. The zero-order chi connectivity index (χ0) is 59.5. The molecule has 11 rings (SSSR count). The average molecular weight is 1200 g/mol. The lowest BCUT2D eigenvalue weighted by molar-refractivity contribution is -0.406. The highest BCUT2D eigenvalue weighted by atomic mass is 16.8. The maximum atomic E-state index is 12.0. The number of rotatable bonds is 13. The van der Waals surface area contributed by atoms with E-state index < -0.39 is 192 Å². The van der Waals surface area contributed by atoms with Gasteiger partial charge in [0, 0.05) is 18.3 Å². The molecule has 4 aliphatic carbocycles. The Hall–Kier alpha value is -1.08. The van der Waals surface area contributed by atoms with Crippen LogP contribution in [0.4, 0.5) is 0 Å². The van der Waals surface area contributed by atoms with Crippen LogP contribution in [0.25, 0.3) is 0 Å². The molecule has 0 aromatic rings. The number of hydrogen-bond donors (Lipinski definition) is 15. The van der Waals surface area contributed by atoms with E-state index in [0.717, 1.165) is 51.6 Å². The van der Waals surface area contributed by atoms with Crippen LogP contribution in [0.3, 0.4) is 0 Å². The van der Waals surface area contributed by atoms with Crippen molar-refractivity contribution >= 4 is 0 Å². The van der Waals surface area contributed by atoms with E-state index in [4.69, 9.17) is 56.8 Å². The Kier molecular flexibility index (Phi) is 18.8. The summed E-state index contributed by atoms with van der Waals surface area (Å²) in [6, 6.07) is 0. The van der Waals surface area contributed by atoms with Crippen molar-refractivity contribution in [2.24, 2.45) is 58.2 Å². The molecule has 37 unspecified atom stereocenters. The molecule has 37 atom stereocenters. The molecule has 0 radical (unpaired) electrons. The summed E-state index contributed by atoms with van der Waals surface area (Å²) in [4.78, 5) is 0. The molecule has 0 amide bonds. The van der Waals surface area contributed by atoms with Crippen molar-refractivity contribution in [3.05, 3.63) is 0 Å². The van der Waals surface area contributed by atoms with E-state index in [0.29, 0.717) is 48.3 Å². The molecule has 0 aromatic heterocycles. The van der Waals surface area contributed by atoms with Crippen molar-refractivity contribution < 1.29 is 133 Å². The van der Waals surface area contributed by atoms with Crippen LogP contribution in [0.2, 0.25) is 0 Å². The second-order valence-corrected chi connectivity index (χ2v) is 26.9. The highest BCUT2D eigenvalue weighted by molar-refractivity contribution is 5.16. The highest BCUT2D eigenvalue weighted by Crippen LogP contribution is 2.71. The molecule has 15 N–H and O–H groups in total. The summed E-state index contributed by atoms with van der Waals surface area (Å²) in [5, 5.41) is 164. The SMILES string of the molecule is CC1CCC2(OC1)OC1CC3C4CCC5CC(OC6OC(CO)C(OC7OC(CO)C(O)C(OC8OCC(OC9OC(O)C(O)C(O)C9O)C(C)C8O)C7OC7OC(CO)C(O)C(O)C7O)C(O)C6O)C(O)CC5(C)C4CCC3(C)C1C2C. The normalized spacial score (nSPS) is 58.3. The predicted molar refractivity (Wildman–Crippen MR) is 275 cm³/mol. The van der Waals surface area contributed by atoms with Crippen molar-refractivity contribution in [3.63, 3.8) is 0 Å². The first kappa shape index (κ1) is 63.5. The quantitative estimate of drug-likeness (QED) is 0.0777. The maximum Gasteiger partial charge on any atom is 0.189 e. The van der Waals surface area contributed by atoms with Gasteiger partial charge in [-0.25, -0.2) is 0 Å². The Morgan fingerprint density at radius 1 is 0.482 bits per heavy atom. The number of aliphatic hydroxyl groups is 15. The van der Waals surface area contributed by atoms with Crippen molar-refractivity contribution in [1.29, 1.82) is 0 Å². The molecule has 7 saturated heterocycles. The van der Waals surface area contributed by atoms with Crippen LogP contribution in [0.1, 0.15) is 92.4 Å². The van der Waals surface area contributed by atoms with E-state index in [1.807, 2.05) is 0 Å². The van der Waals surface area contributed by atoms with Crippen molar-refractivity contribution in [2.45, 2.75) is 258 Å². The summed E-state index contributed by atoms with van der Waals surface area (Å²) < 4.78 is 73.2. The topological polar surface area (TPSA) is 414 Å². The van der Waals surface area contributed by atoms with Crippen LogP contribution in [-0.2, 0) is 56.8 Å². The first-order valence-corrected chi connectivity index (χ1v) is 30.2. The summed E-state index contributed by atoms with van der Waals surface area (Å²) in [5.74, 6) is 1.23. The van der Waals surface area contributed by atoms with Crippen LogP contribution < -0.4 is 0 Å². The molecule has 1 spiro atoms. The largest absolute Gasteiger partial charge is 0.394 e. The second kappa shape index (κ2) is 24.6. The minimum Gasteiger partial charge on any atom is -0.394 e. The lowest BCUT2D eigenvalue weighted by Gasteiger charge is -2.62. The third kappa shape index (κ3) is 11.1. The molecule has 27 nitrogen and oxygen atoms in total. The number of hydrogen-bond acceptors (Lipinski definition) is 27. The molecule has 0 aromatic carbocycles. The second-order valence-electron chi connectivity index (χ2n) is 26.9. The fraction of sp³-hybridized carbons (Fsp3) is 1.00. The first-order chi connectivity index (χ1) is 39.4. The fourth-order valence-corrected chi connectivity index (χ4v) is 17.3. The van der Waals surface area contributed by atoms with Crippen molar-refractivity contribution in [3.8, 4) is 0 Å².